The van der Waals surface area contributed by atoms with E-state index in [9.17, 15) is 13.6 Å². The molecule has 1 amide bonds. The maximum Gasteiger partial charge on any atom is 0.256 e. The standard InChI is InChI=1S/C16H13BrF2N2O2/c17-13-2-1-6-20-15(13)23-11-5-7-21(9-11)16(22)12-4-3-10(18)8-14(12)19/h1-4,6,8,11H,5,7,9H2. The minimum atomic E-state index is -0.855. The fourth-order valence-electron chi connectivity index (χ4n) is 2.46. The first-order valence-electron chi connectivity index (χ1n) is 7.06. The first kappa shape index (κ1) is 15.9. The Hall–Kier alpha value is -2.02. The van der Waals surface area contributed by atoms with Crippen molar-refractivity contribution in [2.45, 2.75) is 12.5 Å². The summed E-state index contributed by atoms with van der Waals surface area (Å²) in [7, 11) is 0. The predicted molar refractivity (Wildman–Crippen MR) is 83.2 cm³/mol. The van der Waals surface area contributed by atoms with E-state index in [1.54, 1.807) is 12.3 Å². The number of carbonyl (C=O) groups is 1. The number of nitrogens with zero attached hydrogens (tertiary/aromatic N) is 2. The number of hydrogen-bond donors (Lipinski definition) is 0. The number of ether oxygens (including phenoxy) is 1. The summed E-state index contributed by atoms with van der Waals surface area (Å²) in [4.78, 5) is 17.9. The molecule has 0 spiro atoms. The normalized spacial score (nSPS) is 17.3. The Kier molecular flexibility index (Phi) is 4.56. The second kappa shape index (κ2) is 6.62. The van der Waals surface area contributed by atoms with E-state index in [0.717, 1.165) is 16.6 Å². The number of rotatable bonds is 3. The lowest BCUT2D eigenvalue weighted by Crippen LogP contribution is -2.31. The number of benzene rings is 1. The Bertz CT molecular complexity index is 742. The fraction of sp³-hybridized carbons (Fsp3) is 0.250. The van der Waals surface area contributed by atoms with Crippen molar-refractivity contribution in [3.8, 4) is 5.88 Å². The zero-order valence-electron chi connectivity index (χ0n) is 12.0. The smallest absolute Gasteiger partial charge is 0.256 e. The molecule has 1 aromatic carbocycles. The van der Waals surface area contributed by atoms with Gasteiger partial charge < -0.3 is 9.64 Å². The molecule has 1 atom stereocenters. The lowest BCUT2D eigenvalue weighted by molar-refractivity contribution is 0.0766. The summed E-state index contributed by atoms with van der Waals surface area (Å²) < 4.78 is 33.1. The number of amides is 1. The van der Waals surface area contributed by atoms with Crippen molar-refractivity contribution in [1.82, 2.24) is 9.88 Å². The van der Waals surface area contributed by atoms with Gasteiger partial charge in [-0.2, -0.15) is 0 Å². The Labute approximate surface area is 140 Å². The molecule has 3 rings (SSSR count). The van der Waals surface area contributed by atoms with E-state index in [1.165, 1.54) is 4.90 Å². The second-order valence-corrected chi connectivity index (χ2v) is 6.05. The van der Waals surface area contributed by atoms with Gasteiger partial charge >= 0.3 is 0 Å². The molecule has 0 N–H and O–H groups in total. The van der Waals surface area contributed by atoms with Crippen LogP contribution in [0.15, 0.2) is 41.0 Å². The van der Waals surface area contributed by atoms with Crippen molar-refractivity contribution >= 4 is 21.8 Å². The first-order chi connectivity index (χ1) is 11.0. The number of pyridine rings is 1. The monoisotopic (exact) mass is 382 g/mol. The summed E-state index contributed by atoms with van der Waals surface area (Å²) in [6.45, 7) is 0.781. The lowest BCUT2D eigenvalue weighted by Gasteiger charge is -2.17. The van der Waals surface area contributed by atoms with E-state index >= 15 is 0 Å². The van der Waals surface area contributed by atoms with E-state index < -0.39 is 17.5 Å². The van der Waals surface area contributed by atoms with Crippen LogP contribution in [0.3, 0.4) is 0 Å². The zero-order chi connectivity index (χ0) is 16.4. The maximum atomic E-state index is 13.7. The number of halogens is 3. The molecular weight excluding hydrogens is 370 g/mol. The third-order valence-corrected chi connectivity index (χ3v) is 4.20. The highest BCUT2D eigenvalue weighted by Crippen LogP contribution is 2.25. The summed E-state index contributed by atoms with van der Waals surface area (Å²) in [6.07, 6.45) is 2.03. The van der Waals surface area contributed by atoms with E-state index in [-0.39, 0.29) is 11.7 Å². The van der Waals surface area contributed by atoms with Crippen molar-refractivity contribution in [1.29, 1.82) is 0 Å². The van der Waals surface area contributed by atoms with Gasteiger partial charge in [0, 0.05) is 25.2 Å². The topological polar surface area (TPSA) is 42.4 Å². The van der Waals surface area contributed by atoms with Gasteiger partial charge in [-0.15, -0.1) is 0 Å². The third-order valence-electron chi connectivity index (χ3n) is 3.60. The van der Waals surface area contributed by atoms with E-state index in [2.05, 4.69) is 20.9 Å². The Morgan fingerprint density at radius 3 is 2.91 bits per heavy atom. The van der Waals surface area contributed by atoms with Crippen LogP contribution in [-0.4, -0.2) is 35.0 Å². The summed E-state index contributed by atoms with van der Waals surface area (Å²) >= 11 is 3.35. The maximum absolute atomic E-state index is 13.7. The van der Waals surface area contributed by atoms with Crippen molar-refractivity contribution in [2.24, 2.45) is 0 Å². The summed E-state index contributed by atoms with van der Waals surface area (Å²) in [5.74, 6) is -1.57. The number of hydrogen-bond acceptors (Lipinski definition) is 3. The largest absolute Gasteiger partial charge is 0.472 e. The summed E-state index contributed by atoms with van der Waals surface area (Å²) in [6, 6.07) is 6.54. The molecule has 1 aliphatic rings. The van der Waals surface area contributed by atoms with Crippen LogP contribution in [0.25, 0.3) is 0 Å². The highest BCUT2D eigenvalue weighted by molar-refractivity contribution is 9.10. The van der Waals surface area contributed by atoms with Gasteiger partial charge in [0.2, 0.25) is 5.88 Å². The first-order valence-corrected chi connectivity index (χ1v) is 7.85. The molecule has 23 heavy (non-hydrogen) atoms. The van der Waals surface area contributed by atoms with Gasteiger partial charge in [-0.1, -0.05) is 0 Å². The van der Waals surface area contributed by atoms with Crippen LogP contribution in [0.2, 0.25) is 0 Å². The van der Waals surface area contributed by atoms with Crippen molar-refractivity contribution in [2.75, 3.05) is 13.1 Å². The summed E-state index contributed by atoms with van der Waals surface area (Å²) in [5, 5.41) is 0. The highest BCUT2D eigenvalue weighted by Gasteiger charge is 2.30. The Morgan fingerprint density at radius 1 is 1.35 bits per heavy atom. The molecule has 1 aromatic heterocycles. The van der Waals surface area contributed by atoms with Gasteiger partial charge in [0.1, 0.15) is 17.7 Å². The minimum absolute atomic E-state index is 0.133. The third kappa shape index (κ3) is 3.50. The minimum Gasteiger partial charge on any atom is -0.472 e. The van der Waals surface area contributed by atoms with Gasteiger partial charge in [0.25, 0.3) is 5.91 Å². The van der Waals surface area contributed by atoms with Gasteiger partial charge in [-0.3, -0.25) is 4.79 Å². The van der Waals surface area contributed by atoms with Crippen LogP contribution in [0.1, 0.15) is 16.8 Å². The van der Waals surface area contributed by atoms with Gasteiger partial charge in [0.05, 0.1) is 16.6 Å². The Morgan fingerprint density at radius 2 is 2.17 bits per heavy atom. The van der Waals surface area contributed by atoms with Crippen molar-refractivity contribution in [3.05, 3.63) is 58.2 Å². The molecule has 0 aliphatic carbocycles. The van der Waals surface area contributed by atoms with Crippen LogP contribution in [-0.2, 0) is 0 Å². The molecule has 0 bridgehead atoms. The molecule has 2 heterocycles. The molecule has 1 unspecified atom stereocenters. The second-order valence-electron chi connectivity index (χ2n) is 5.19. The summed E-state index contributed by atoms with van der Waals surface area (Å²) in [5.41, 5.74) is -0.133. The van der Waals surface area contributed by atoms with Crippen LogP contribution in [0.4, 0.5) is 8.78 Å². The highest BCUT2D eigenvalue weighted by atomic mass is 79.9. The molecule has 0 saturated carbocycles. The molecule has 1 saturated heterocycles. The quantitative estimate of drug-likeness (QED) is 0.816. The number of likely N-dealkylation sites (tertiary alicyclic amines) is 1. The molecule has 1 fully saturated rings. The molecule has 0 radical (unpaired) electrons. The SMILES string of the molecule is O=C(c1ccc(F)cc1F)N1CCC(Oc2ncccc2Br)C1. The predicted octanol–water partition coefficient (Wildman–Crippen LogP) is 3.42. The molecule has 1 aliphatic heterocycles. The van der Waals surface area contributed by atoms with E-state index in [4.69, 9.17) is 4.74 Å². The average Bonchev–Trinajstić information content (AvgIpc) is 2.98. The van der Waals surface area contributed by atoms with Gasteiger partial charge in [-0.25, -0.2) is 13.8 Å². The number of carbonyl (C=O) groups excluding carboxylic acids is 1. The van der Waals surface area contributed by atoms with E-state index in [1.807, 2.05) is 6.07 Å². The number of aromatic nitrogens is 1. The van der Waals surface area contributed by atoms with Crippen molar-refractivity contribution in [3.63, 3.8) is 0 Å². The van der Waals surface area contributed by atoms with Crippen LogP contribution in [0, 0.1) is 11.6 Å². The molecule has 120 valence electrons. The molecular formula is C16H13BrF2N2O2. The molecule has 4 nitrogen and oxygen atoms in total. The molecule has 2 aromatic rings. The van der Waals surface area contributed by atoms with Crippen LogP contribution in [0.5, 0.6) is 5.88 Å². The zero-order valence-corrected chi connectivity index (χ0v) is 13.6. The molecule has 7 heteroatoms. The average molecular weight is 383 g/mol. The van der Waals surface area contributed by atoms with Crippen LogP contribution < -0.4 is 4.74 Å². The van der Waals surface area contributed by atoms with Crippen molar-refractivity contribution < 1.29 is 18.3 Å². The Balaban J connectivity index is 1.67. The van der Waals surface area contributed by atoms with Crippen LogP contribution >= 0.6 is 15.9 Å². The van der Waals surface area contributed by atoms with Gasteiger partial charge in [0.15, 0.2) is 0 Å². The van der Waals surface area contributed by atoms with E-state index in [0.29, 0.717) is 31.5 Å². The fourth-order valence-corrected chi connectivity index (χ4v) is 2.81. The lowest BCUT2D eigenvalue weighted by atomic mass is 10.2. The van der Waals surface area contributed by atoms with Gasteiger partial charge in [-0.05, 0) is 40.2 Å².